The molecule has 29 heavy (non-hydrogen) atoms. The summed E-state index contributed by atoms with van der Waals surface area (Å²) in [5.74, 6) is 0.594. The summed E-state index contributed by atoms with van der Waals surface area (Å²) < 4.78 is 14.0. The number of benzene rings is 1. The van der Waals surface area contributed by atoms with Crippen LogP contribution in [-0.2, 0) is 6.54 Å². The number of nitrogens with one attached hydrogen (secondary N) is 1. The number of H-pyrrole nitrogens is 1. The molecule has 9 heteroatoms. The molecular formula is C20H20ClFN6O. The molecule has 3 N–H and O–H groups in total. The molecule has 0 bridgehead atoms. The van der Waals surface area contributed by atoms with Gasteiger partial charge in [0, 0.05) is 54.6 Å². The number of hydrogen-bond donors (Lipinski definition) is 2. The summed E-state index contributed by atoms with van der Waals surface area (Å²) in [5, 5.41) is 0.553. The molecule has 7 nitrogen and oxygen atoms in total. The molecule has 1 amide bonds. The van der Waals surface area contributed by atoms with Gasteiger partial charge in [0.05, 0.1) is 17.8 Å². The Morgan fingerprint density at radius 1 is 1.31 bits per heavy atom. The number of fused-ring (bicyclic) bond motifs is 2. The molecule has 0 saturated carbocycles. The number of carbonyl (C=O) groups is 1. The Hall–Kier alpha value is -2.71. The van der Waals surface area contributed by atoms with Gasteiger partial charge in [-0.2, -0.15) is 0 Å². The van der Waals surface area contributed by atoms with Crippen LogP contribution in [0.1, 0.15) is 22.3 Å². The van der Waals surface area contributed by atoms with Crippen LogP contribution >= 0.6 is 11.6 Å². The number of hydrogen-bond acceptors (Lipinski definition) is 5. The molecule has 2 aliphatic rings. The van der Waals surface area contributed by atoms with Crippen LogP contribution in [0.3, 0.4) is 0 Å². The Morgan fingerprint density at radius 3 is 2.90 bits per heavy atom. The summed E-state index contributed by atoms with van der Waals surface area (Å²) in [6.45, 7) is 1.35. The zero-order chi connectivity index (χ0) is 20.3. The highest BCUT2D eigenvalue weighted by Gasteiger charge is 2.29. The van der Waals surface area contributed by atoms with E-state index in [1.54, 1.807) is 24.2 Å². The first-order chi connectivity index (χ1) is 13.9. The summed E-state index contributed by atoms with van der Waals surface area (Å²) in [6.07, 6.45) is 2.97. The number of halogens is 2. The predicted octanol–water partition coefficient (Wildman–Crippen LogP) is 2.74. The third kappa shape index (κ3) is 2.86. The topological polar surface area (TPSA) is 91.1 Å². The van der Waals surface area contributed by atoms with Gasteiger partial charge in [-0.15, -0.1) is 0 Å². The predicted molar refractivity (Wildman–Crippen MR) is 110 cm³/mol. The van der Waals surface area contributed by atoms with Crippen LogP contribution in [0.15, 0.2) is 24.5 Å². The Bertz CT molecular complexity index is 1130. The smallest absolute Gasteiger partial charge is 0.254 e. The molecule has 4 heterocycles. The van der Waals surface area contributed by atoms with Gasteiger partial charge in [-0.25, -0.2) is 14.4 Å². The molecule has 0 unspecified atom stereocenters. The largest absolute Gasteiger partial charge is 0.352 e. The van der Waals surface area contributed by atoms with Crippen molar-refractivity contribution < 1.29 is 9.18 Å². The number of anilines is 1. The minimum Gasteiger partial charge on any atom is -0.352 e. The lowest BCUT2D eigenvalue weighted by molar-refractivity contribution is 0.0816. The Kier molecular flexibility index (Phi) is 4.22. The Balaban J connectivity index is 1.52. The molecule has 150 valence electrons. The average molecular weight is 415 g/mol. The molecule has 2 aromatic heterocycles. The molecule has 5 rings (SSSR count). The van der Waals surface area contributed by atoms with Crippen molar-refractivity contribution >= 4 is 34.5 Å². The minimum atomic E-state index is -1.08. The lowest BCUT2D eigenvalue weighted by atomic mass is 10.0. The number of aromatic nitrogens is 3. The molecule has 0 aliphatic carbocycles. The van der Waals surface area contributed by atoms with E-state index < -0.39 is 12.2 Å². The van der Waals surface area contributed by atoms with Gasteiger partial charge >= 0.3 is 0 Å². The van der Waals surface area contributed by atoms with Crippen LogP contribution in [0.25, 0.3) is 22.3 Å². The van der Waals surface area contributed by atoms with E-state index in [9.17, 15) is 9.18 Å². The van der Waals surface area contributed by atoms with Gasteiger partial charge in [-0.3, -0.25) is 4.79 Å². The number of amides is 1. The van der Waals surface area contributed by atoms with Gasteiger partial charge in [0.1, 0.15) is 17.5 Å². The van der Waals surface area contributed by atoms with Crippen LogP contribution in [0.5, 0.6) is 0 Å². The van der Waals surface area contributed by atoms with Crippen molar-refractivity contribution in [3.8, 4) is 11.1 Å². The molecule has 0 radical (unpaired) electrons. The maximum atomic E-state index is 14.0. The van der Waals surface area contributed by atoms with E-state index in [4.69, 9.17) is 17.3 Å². The summed E-state index contributed by atoms with van der Waals surface area (Å²) >= 11 is 6.66. The monoisotopic (exact) mass is 414 g/mol. The fourth-order valence-corrected chi connectivity index (χ4v) is 4.40. The third-order valence-electron chi connectivity index (χ3n) is 5.79. The first-order valence-corrected chi connectivity index (χ1v) is 9.87. The molecule has 0 spiro atoms. The first kappa shape index (κ1) is 18.3. The fraction of sp³-hybridized carbons (Fsp3) is 0.350. The van der Waals surface area contributed by atoms with Crippen molar-refractivity contribution in [2.45, 2.75) is 25.2 Å². The molecule has 2 aliphatic heterocycles. The second-order valence-corrected chi connectivity index (χ2v) is 8.03. The molecule has 2 atom stereocenters. The number of aromatic amines is 1. The summed E-state index contributed by atoms with van der Waals surface area (Å²) in [7, 11) is 1.76. The van der Waals surface area contributed by atoms with Gasteiger partial charge in [0.15, 0.2) is 5.65 Å². The number of nitrogens with two attached hydrogens (primary N) is 1. The number of carbonyl (C=O) groups excluding carboxylic acids is 1. The zero-order valence-corrected chi connectivity index (χ0v) is 16.6. The van der Waals surface area contributed by atoms with Crippen LogP contribution in [0, 0.1) is 0 Å². The summed E-state index contributed by atoms with van der Waals surface area (Å²) in [4.78, 5) is 28.0. The zero-order valence-electron chi connectivity index (χ0n) is 15.8. The lowest BCUT2D eigenvalue weighted by Crippen LogP contribution is -2.48. The molecule has 1 fully saturated rings. The second-order valence-electron chi connectivity index (χ2n) is 7.66. The first-order valence-electron chi connectivity index (χ1n) is 9.50. The van der Waals surface area contributed by atoms with Crippen molar-refractivity contribution in [3.63, 3.8) is 0 Å². The van der Waals surface area contributed by atoms with Crippen molar-refractivity contribution in [2.75, 3.05) is 25.0 Å². The van der Waals surface area contributed by atoms with Gasteiger partial charge in [0.25, 0.3) is 5.91 Å². The average Bonchev–Trinajstić information content (AvgIpc) is 3.26. The maximum Gasteiger partial charge on any atom is 0.254 e. The van der Waals surface area contributed by atoms with E-state index in [2.05, 4.69) is 15.0 Å². The normalized spacial score (nSPS) is 21.9. The SMILES string of the molecule is CN1Cc2c(ccc(-c3c[nH]c4nc(N5CC[C@H](N)[C@H](F)C5)cnc34)c2Cl)C1=O. The van der Waals surface area contributed by atoms with Gasteiger partial charge in [-0.1, -0.05) is 17.7 Å². The third-order valence-corrected chi connectivity index (χ3v) is 6.22. The van der Waals surface area contributed by atoms with Gasteiger partial charge < -0.3 is 20.5 Å². The highest BCUT2D eigenvalue weighted by molar-refractivity contribution is 6.35. The van der Waals surface area contributed by atoms with E-state index in [1.165, 1.54) is 0 Å². The fourth-order valence-electron chi connectivity index (χ4n) is 4.07. The highest BCUT2D eigenvalue weighted by atomic mass is 35.5. The van der Waals surface area contributed by atoms with E-state index in [-0.39, 0.29) is 12.5 Å². The standard InChI is InChI=1S/C20H20ClFN6O/c1-27-8-13-11(20(27)29)3-2-10(17(13)21)12-6-25-19-18(12)24-7-16(26-19)28-5-4-15(23)14(22)9-28/h2-3,6-7,14-15H,4-5,8-9,23H2,1H3,(H,25,26)/t14-,15+/m1/s1. The van der Waals surface area contributed by atoms with E-state index in [1.807, 2.05) is 17.2 Å². The van der Waals surface area contributed by atoms with E-state index >= 15 is 0 Å². The summed E-state index contributed by atoms with van der Waals surface area (Å²) in [6, 6.07) is 3.23. The maximum absolute atomic E-state index is 14.0. The Labute approximate surface area is 171 Å². The van der Waals surface area contributed by atoms with Crippen LogP contribution in [-0.4, -0.2) is 58.1 Å². The minimum absolute atomic E-state index is 0.0239. The van der Waals surface area contributed by atoms with Crippen LogP contribution < -0.4 is 10.6 Å². The second kappa shape index (κ2) is 6.67. The van der Waals surface area contributed by atoms with E-state index in [0.29, 0.717) is 47.1 Å². The van der Waals surface area contributed by atoms with Gasteiger partial charge in [0.2, 0.25) is 0 Å². The van der Waals surface area contributed by atoms with Crippen molar-refractivity contribution in [1.29, 1.82) is 0 Å². The lowest BCUT2D eigenvalue weighted by Gasteiger charge is -2.33. The number of piperidine rings is 1. The van der Waals surface area contributed by atoms with Crippen molar-refractivity contribution in [2.24, 2.45) is 5.73 Å². The molecule has 1 saturated heterocycles. The molecule has 1 aromatic carbocycles. The molecular weight excluding hydrogens is 395 g/mol. The number of nitrogens with zero attached hydrogens (tertiary/aromatic N) is 4. The molecule has 3 aromatic rings. The van der Waals surface area contributed by atoms with Crippen LogP contribution in [0.4, 0.5) is 10.2 Å². The highest BCUT2D eigenvalue weighted by Crippen LogP contribution is 2.38. The van der Waals surface area contributed by atoms with Crippen molar-refractivity contribution in [3.05, 3.63) is 40.7 Å². The quantitative estimate of drug-likeness (QED) is 0.672. The van der Waals surface area contributed by atoms with Gasteiger partial charge in [-0.05, 0) is 12.5 Å². The summed E-state index contributed by atoms with van der Waals surface area (Å²) in [5.41, 5.74) is 10.1. The van der Waals surface area contributed by atoms with E-state index in [0.717, 1.165) is 16.7 Å². The van der Waals surface area contributed by atoms with Crippen LogP contribution in [0.2, 0.25) is 5.02 Å². The number of rotatable bonds is 2. The number of alkyl halides is 1. The van der Waals surface area contributed by atoms with Crippen molar-refractivity contribution in [1.82, 2.24) is 19.9 Å². The Morgan fingerprint density at radius 2 is 2.10 bits per heavy atom.